The fraction of sp³-hybridized carbons (Fsp3) is 0.667. The smallest absolute Gasteiger partial charge is 0.333 e. The summed E-state index contributed by atoms with van der Waals surface area (Å²) in [4.78, 5) is 25.7. The molecule has 0 saturated carbocycles. The van der Waals surface area contributed by atoms with Crippen molar-refractivity contribution in [1.82, 2.24) is 10.2 Å². The number of amides is 2. The standard InChI is InChI=1S/C24H40N2O5S/c1-5-8-16-32-17-14-26(24(29)25-19(4)6-2)13-15-31-21-11-9-20(10-12-21)18-22(23(27)28)30-7-3/h9-12,19,22H,5-8,13-18H2,1-4H3,(H,25,29)(H,27,28). The van der Waals surface area contributed by atoms with Gasteiger partial charge in [-0.15, -0.1) is 0 Å². The van der Waals surface area contributed by atoms with Crippen molar-refractivity contribution in [3.63, 3.8) is 0 Å². The molecule has 7 nitrogen and oxygen atoms in total. The maximum Gasteiger partial charge on any atom is 0.333 e. The molecule has 2 amide bonds. The predicted octanol–water partition coefficient (Wildman–Crippen LogP) is 4.44. The molecule has 0 bridgehead atoms. The van der Waals surface area contributed by atoms with Crippen molar-refractivity contribution in [2.75, 3.05) is 37.8 Å². The Kier molecular flexibility index (Phi) is 14.6. The second-order valence-corrected chi connectivity index (χ2v) is 8.92. The van der Waals surface area contributed by atoms with Gasteiger partial charge < -0.3 is 24.8 Å². The zero-order valence-corrected chi connectivity index (χ0v) is 20.8. The molecule has 0 radical (unpaired) electrons. The minimum atomic E-state index is -0.962. The van der Waals surface area contributed by atoms with Crippen LogP contribution in [-0.2, 0) is 16.0 Å². The van der Waals surface area contributed by atoms with Gasteiger partial charge >= 0.3 is 12.0 Å². The quantitative estimate of drug-likeness (QED) is 0.329. The molecule has 0 saturated heterocycles. The number of nitrogens with zero attached hydrogens (tertiary/aromatic N) is 1. The molecule has 0 aliphatic carbocycles. The van der Waals surface area contributed by atoms with E-state index in [2.05, 4.69) is 19.2 Å². The number of benzene rings is 1. The Labute approximate surface area is 197 Å². The van der Waals surface area contributed by atoms with E-state index in [0.29, 0.717) is 38.5 Å². The van der Waals surface area contributed by atoms with E-state index in [1.54, 1.807) is 6.92 Å². The van der Waals surface area contributed by atoms with Crippen LogP contribution < -0.4 is 10.1 Å². The van der Waals surface area contributed by atoms with E-state index >= 15 is 0 Å². The Balaban J connectivity index is 2.55. The Morgan fingerprint density at radius 1 is 1.12 bits per heavy atom. The molecule has 32 heavy (non-hydrogen) atoms. The van der Waals surface area contributed by atoms with E-state index in [9.17, 15) is 14.7 Å². The van der Waals surface area contributed by atoms with Crippen LogP contribution in [-0.4, -0.2) is 72.0 Å². The Bertz CT molecular complexity index is 656. The summed E-state index contributed by atoms with van der Waals surface area (Å²) in [5, 5.41) is 12.3. The highest BCUT2D eigenvalue weighted by Gasteiger charge is 2.18. The van der Waals surface area contributed by atoms with Gasteiger partial charge in [0, 0.05) is 31.4 Å². The number of unbranched alkanes of at least 4 members (excludes halogenated alkanes) is 1. The second kappa shape index (κ2) is 16.7. The summed E-state index contributed by atoms with van der Waals surface area (Å²) in [5.74, 6) is 1.76. The third kappa shape index (κ3) is 11.6. The number of nitrogens with one attached hydrogen (secondary N) is 1. The fourth-order valence-electron chi connectivity index (χ4n) is 2.87. The third-order valence-electron chi connectivity index (χ3n) is 5.03. The van der Waals surface area contributed by atoms with Crippen LogP contribution in [0.5, 0.6) is 5.75 Å². The van der Waals surface area contributed by atoms with Crippen LogP contribution in [0, 0.1) is 0 Å². The molecule has 2 atom stereocenters. The maximum absolute atomic E-state index is 12.6. The molecule has 0 heterocycles. The summed E-state index contributed by atoms with van der Waals surface area (Å²) in [6.07, 6.45) is 2.73. The SMILES string of the molecule is CCCCSCCN(CCOc1ccc(CC(OCC)C(=O)O)cc1)C(=O)NC(C)CC. The van der Waals surface area contributed by atoms with Gasteiger partial charge in [0.05, 0.1) is 6.54 Å². The van der Waals surface area contributed by atoms with Crippen LogP contribution in [0.25, 0.3) is 0 Å². The average Bonchev–Trinajstić information content (AvgIpc) is 2.78. The summed E-state index contributed by atoms with van der Waals surface area (Å²) in [5.41, 5.74) is 0.872. The molecule has 0 aliphatic heterocycles. The van der Waals surface area contributed by atoms with Crippen LogP contribution in [0.4, 0.5) is 4.79 Å². The van der Waals surface area contributed by atoms with Crippen molar-refractivity contribution in [2.24, 2.45) is 0 Å². The number of carboxylic acid groups (broad SMARTS) is 1. The molecule has 0 spiro atoms. The number of aliphatic carboxylic acids is 1. The van der Waals surface area contributed by atoms with Gasteiger partial charge in [-0.1, -0.05) is 32.4 Å². The third-order valence-corrected chi connectivity index (χ3v) is 6.08. The lowest BCUT2D eigenvalue weighted by Gasteiger charge is -2.25. The lowest BCUT2D eigenvalue weighted by Crippen LogP contribution is -2.46. The number of carbonyl (C=O) groups is 2. The summed E-state index contributed by atoms with van der Waals surface area (Å²) in [6.45, 7) is 9.96. The minimum absolute atomic E-state index is 0.0509. The first-order valence-corrected chi connectivity index (χ1v) is 12.8. The molecular formula is C24H40N2O5S. The summed E-state index contributed by atoms with van der Waals surface area (Å²) < 4.78 is 11.1. The normalized spacial score (nSPS) is 12.8. The highest BCUT2D eigenvalue weighted by atomic mass is 32.2. The number of hydrogen-bond donors (Lipinski definition) is 2. The minimum Gasteiger partial charge on any atom is -0.492 e. The zero-order valence-electron chi connectivity index (χ0n) is 20.0. The summed E-state index contributed by atoms with van der Waals surface area (Å²) in [7, 11) is 0. The van der Waals surface area contributed by atoms with Crippen molar-refractivity contribution in [3.05, 3.63) is 29.8 Å². The number of thioether (sulfide) groups is 1. The number of carbonyl (C=O) groups excluding carboxylic acids is 1. The van der Waals surface area contributed by atoms with Crippen molar-refractivity contribution in [2.45, 2.75) is 65.5 Å². The van der Waals surface area contributed by atoms with Gasteiger partial charge in [0.25, 0.3) is 0 Å². The first kappa shape index (κ1) is 28.1. The van der Waals surface area contributed by atoms with Gasteiger partial charge in [-0.05, 0) is 50.1 Å². The molecule has 2 N–H and O–H groups in total. The van der Waals surface area contributed by atoms with Gasteiger partial charge in [0.15, 0.2) is 6.10 Å². The molecule has 1 aromatic carbocycles. The molecule has 8 heteroatoms. The van der Waals surface area contributed by atoms with E-state index in [4.69, 9.17) is 9.47 Å². The Morgan fingerprint density at radius 2 is 1.84 bits per heavy atom. The van der Waals surface area contributed by atoms with Gasteiger partial charge in [-0.2, -0.15) is 11.8 Å². The average molecular weight is 469 g/mol. The monoisotopic (exact) mass is 468 g/mol. The van der Waals surface area contributed by atoms with Gasteiger partial charge in [-0.3, -0.25) is 0 Å². The first-order chi connectivity index (χ1) is 15.4. The lowest BCUT2D eigenvalue weighted by atomic mass is 10.1. The molecular weight excluding hydrogens is 428 g/mol. The Hall–Kier alpha value is -1.93. The van der Waals surface area contributed by atoms with Crippen molar-refractivity contribution < 1.29 is 24.2 Å². The molecule has 0 aromatic heterocycles. The van der Waals surface area contributed by atoms with E-state index in [1.165, 1.54) is 12.8 Å². The molecule has 0 aliphatic rings. The molecule has 182 valence electrons. The predicted molar refractivity (Wildman–Crippen MR) is 131 cm³/mol. The zero-order chi connectivity index (χ0) is 23.8. The van der Waals surface area contributed by atoms with Crippen molar-refractivity contribution >= 4 is 23.8 Å². The van der Waals surface area contributed by atoms with E-state index in [1.807, 2.05) is 47.9 Å². The van der Waals surface area contributed by atoms with Gasteiger partial charge in [0.1, 0.15) is 12.4 Å². The second-order valence-electron chi connectivity index (χ2n) is 7.69. The largest absolute Gasteiger partial charge is 0.492 e. The van der Waals surface area contributed by atoms with E-state index < -0.39 is 12.1 Å². The maximum atomic E-state index is 12.6. The number of rotatable bonds is 17. The van der Waals surface area contributed by atoms with Crippen LogP contribution >= 0.6 is 11.8 Å². The highest BCUT2D eigenvalue weighted by molar-refractivity contribution is 7.99. The summed E-state index contributed by atoms with van der Waals surface area (Å²) >= 11 is 1.88. The lowest BCUT2D eigenvalue weighted by molar-refractivity contribution is -0.149. The van der Waals surface area contributed by atoms with Crippen LogP contribution in [0.1, 0.15) is 52.5 Å². The van der Waals surface area contributed by atoms with Crippen LogP contribution in [0.15, 0.2) is 24.3 Å². The molecule has 1 rings (SSSR count). The summed E-state index contributed by atoms with van der Waals surface area (Å²) in [6, 6.07) is 7.43. The topological polar surface area (TPSA) is 88.1 Å². The van der Waals surface area contributed by atoms with Crippen molar-refractivity contribution in [3.8, 4) is 5.75 Å². The Morgan fingerprint density at radius 3 is 2.44 bits per heavy atom. The molecule has 2 unspecified atom stereocenters. The van der Waals surface area contributed by atoms with Crippen LogP contribution in [0.3, 0.4) is 0 Å². The highest BCUT2D eigenvalue weighted by Crippen LogP contribution is 2.15. The van der Waals surface area contributed by atoms with Crippen molar-refractivity contribution in [1.29, 1.82) is 0 Å². The number of urea groups is 1. The first-order valence-electron chi connectivity index (χ1n) is 11.6. The molecule has 1 aromatic rings. The number of ether oxygens (including phenoxy) is 2. The van der Waals surface area contributed by atoms with E-state index in [-0.39, 0.29) is 12.1 Å². The van der Waals surface area contributed by atoms with Gasteiger partial charge in [-0.25, -0.2) is 9.59 Å². The fourth-order valence-corrected chi connectivity index (χ4v) is 3.92. The van der Waals surface area contributed by atoms with Gasteiger partial charge in [0.2, 0.25) is 0 Å². The van der Waals surface area contributed by atoms with E-state index in [0.717, 1.165) is 23.5 Å². The number of hydrogen-bond acceptors (Lipinski definition) is 5. The number of carboxylic acids is 1. The molecule has 0 fully saturated rings. The van der Waals surface area contributed by atoms with Crippen LogP contribution in [0.2, 0.25) is 0 Å².